The van der Waals surface area contributed by atoms with E-state index in [2.05, 4.69) is 20.1 Å². The van der Waals surface area contributed by atoms with Gasteiger partial charge in [-0.05, 0) is 31.0 Å². The summed E-state index contributed by atoms with van der Waals surface area (Å²) in [4.78, 5) is 11.8. The zero-order valence-electron chi connectivity index (χ0n) is 15.6. The highest BCUT2D eigenvalue weighted by Crippen LogP contribution is 2.32. The number of anilines is 2. The molecule has 7 nitrogen and oxygen atoms in total. The highest BCUT2D eigenvalue weighted by molar-refractivity contribution is 7.93. The van der Waals surface area contributed by atoms with Crippen LogP contribution in [0.15, 0.2) is 42.7 Å². The molecule has 0 amide bonds. The number of pyridine rings is 2. The maximum Gasteiger partial charge on any atom is 0.236 e. The smallest absolute Gasteiger partial charge is 0.236 e. The van der Waals surface area contributed by atoms with Crippen molar-refractivity contribution < 1.29 is 12.8 Å². The Balaban J connectivity index is 1.73. The van der Waals surface area contributed by atoms with Crippen LogP contribution in [0.5, 0.6) is 0 Å². The molecule has 0 bridgehead atoms. The lowest BCUT2D eigenvalue weighted by Gasteiger charge is -2.20. The molecule has 1 saturated heterocycles. The third kappa shape index (κ3) is 3.47. The maximum atomic E-state index is 14.5. The molecule has 148 valence electrons. The van der Waals surface area contributed by atoms with Crippen molar-refractivity contribution in [2.24, 2.45) is 0 Å². The third-order valence-corrected chi connectivity index (χ3v) is 6.78. The molecule has 1 aliphatic heterocycles. The third-order valence-electron chi connectivity index (χ3n) is 4.94. The molecule has 0 aliphatic carbocycles. The minimum atomic E-state index is -3.35. The number of halogens is 1. The number of rotatable bonds is 4. The fourth-order valence-electron chi connectivity index (χ4n) is 3.47. The van der Waals surface area contributed by atoms with E-state index in [1.54, 1.807) is 37.4 Å². The van der Waals surface area contributed by atoms with Gasteiger partial charge in [-0.25, -0.2) is 22.6 Å². The van der Waals surface area contributed by atoms with E-state index in [0.29, 0.717) is 40.9 Å². The Bertz CT molecular complexity index is 1240. The van der Waals surface area contributed by atoms with E-state index in [4.69, 9.17) is 6.57 Å². The van der Waals surface area contributed by atoms with Gasteiger partial charge in [0.1, 0.15) is 11.6 Å². The van der Waals surface area contributed by atoms with Crippen LogP contribution in [0.2, 0.25) is 0 Å². The van der Waals surface area contributed by atoms with Crippen molar-refractivity contribution in [1.29, 1.82) is 0 Å². The van der Waals surface area contributed by atoms with Gasteiger partial charge in [-0.15, -0.1) is 0 Å². The van der Waals surface area contributed by atoms with E-state index in [0.717, 1.165) is 0 Å². The van der Waals surface area contributed by atoms with Gasteiger partial charge in [-0.1, -0.05) is 18.2 Å². The van der Waals surface area contributed by atoms with E-state index in [1.165, 1.54) is 16.6 Å². The summed E-state index contributed by atoms with van der Waals surface area (Å²) in [6, 6.07) is 7.73. The molecule has 4 rings (SSSR count). The maximum absolute atomic E-state index is 14.5. The topological polar surface area (TPSA) is 79.6 Å². The van der Waals surface area contributed by atoms with Crippen molar-refractivity contribution in [1.82, 2.24) is 9.97 Å². The molecule has 3 aromatic rings. The van der Waals surface area contributed by atoms with Crippen molar-refractivity contribution in [2.75, 3.05) is 21.9 Å². The van der Waals surface area contributed by atoms with Crippen LogP contribution in [-0.2, 0) is 10.0 Å². The molecule has 0 unspecified atom stereocenters. The Hall–Kier alpha value is -3.25. The summed E-state index contributed by atoms with van der Waals surface area (Å²) < 4.78 is 40.3. The van der Waals surface area contributed by atoms with Gasteiger partial charge in [-0.2, -0.15) is 0 Å². The van der Waals surface area contributed by atoms with Crippen molar-refractivity contribution in [3.8, 4) is 0 Å². The molecular weight excluding hydrogens is 393 g/mol. The average Bonchev–Trinajstić information content (AvgIpc) is 3.07. The monoisotopic (exact) mass is 411 g/mol. The van der Waals surface area contributed by atoms with Crippen LogP contribution in [0.1, 0.15) is 24.9 Å². The van der Waals surface area contributed by atoms with Crippen LogP contribution in [0.4, 0.5) is 21.6 Å². The Labute approximate surface area is 168 Å². The molecule has 0 saturated carbocycles. The average molecular weight is 411 g/mol. The van der Waals surface area contributed by atoms with Gasteiger partial charge in [-0.3, -0.25) is 9.29 Å². The summed E-state index contributed by atoms with van der Waals surface area (Å²) in [7, 11) is -3.35. The standard InChI is InChI=1S/C20H18FN5O2S/c1-13(14-5-3-6-17(22-2)20(14)21)25-16-7-8-23-18-12-24-19(11-15(16)18)26-9-4-10-29(26,27)28/h3,5-8,11-13H,4,9-10H2,1H3,(H,23,25)/t13-/m1/s1. The lowest BCUT2D eigenvalue weighted by Crippen LogP contribution is -2.25. The lowest BCUT2D eigenvalue weighted by atomic mass is 10.1. The van der Waals surface area contributed by atoms with E-state index < -0.39 is 21.9 Å². The largest absolute Gasteiger partial charge is 0.378 e. The van der Waals surface area contributed by atoms with Crippen LogP contribution < -0.4 is 9.62 Å². The molecule has 2 aromatic heterocycles. The minimum absolute atomic E-state index is 0.0264. The van der Waals surface area contributed by atoms with Gasteiger partial charge in [0.05, 0.1) is 30.1 Å². The SMILES string of the molecule is [C-]#[N+]c1cccc([C@@H](C)Nc2ccnc3cnc(N4CCCS4(=O)=O)cc23)c1F. The van der Waals surface area contributed by atoms with Gasteiger partial charge in [0.25, 0.3) is 0 Å². The van der Waals surface area contributed by atoms with Crippen LogP contribution in [0.25, 0.3) is 15.7 Å². The Morgan fingerprint density at radius 3 is 2.86 bits per heavy atom. The number of benzene rings is 1. The van der Waals surface area contributed by atoms with Crippen molar-refractivity contribution >= 4 is 38.1 Å². The fourth-order valence-corrected chi connectivity index (χ4v) is 4.97. The summed E-state index contributed by atoms with van der Waals surface area (Å²) in [5.74, 6) is -0.0928. The molecule has 1 aromatic carbocycles. The first kappa shape index (κ1) is 19.1. The van der Waals surface area contributed by atoms with Gasteiger partial charge in [0.2, 0.25) is 15.7 Å². The predicted molar refractivity (Wildman–Crippen MR) is 110 cm³/mol. The first-order valence-electron chi connectivity index (χ1n) is 9.08. The van der Waals surface area contributed by atoms with E-state index in [-0.39, 0.29) is 11.4 Å². The Morgan fingerprint density at radius 2 is 2.14 bits per heavy atom. The van der Waals surface area contributed by atoms with Gasteiger partial charge in [0.15, 0.2) is 0 Å². The van der Waals surface area contributed by atoms with E-state index >= 15 is 0 Å². The number of sulfonamides is 1. The number of hydrogen-bond donors (Lipinski definition) is 1. The van der Waals surface area contributed by atoms with Crippen molar-refractivity contribution in [3.05, 3.63) is 65.5 Å². The van der Waals surface area contributed by atoms with Crippen LogP contribution in [0.3, 0.4) is 0 Å². The summed E-state index contributed by atoms with van der Waals surface area (Å²) >= 11 is 0. The normalized spacial score (nSPS) is 16.5. The Morgan fingerprint density at radius 1 is 1.31 bits per heavy atom. The summed E-state index contributed by atoms with van der Waals surface area (Å²) in [5.41, 5.74) is 1.62. The van der Waals surface area contributed by atoms with Gasteiger partial charge in [0, 0.05) is 23.8 Å². The number of nitrogens with one attached hydrogen (secondary N) is 1. The zero-order valence-corrected chi connectivity index (χ0v) is 16.4. The fraction of sp³-hybridized carbons (Fsp3) is 0.250. The minimum Gasteiger partial charge on any atom is -0.378 e. The first-order valence-corrected chi connectivity index (χ1v) is 10.7. The van der Waals surface area contributed by atoms with Crippen LogP contribution >= 0.6 is 0 Å². The second-order valence-corrected chi connectivity index (χ2v) is 8.83. The van der Waals surface area contributed by atoms with E-state index in [9.17, 15) is 12.8 Å². The summed E-state index contributed by atoms with van der Waals surface area (Å²) in [6.07, 6.45) is 3.71. The van der Waals surface area contributed by atoms with E-state index in [1.807, 2.05) is 0 Å². The predicted octanol–water partition coefficient (Wildman–Crippen LogP) is 4.03. The van der Waals surface area contributed by atoms with Gasteiger partial charge < -0.3 is 5.32 Å². The number of aromatic nitrogens is 2. The second kappa shape index (κ2) is 7.29. The number of nitrogens with zero attached hydrogens (tertiary/aromatic N) is 4. The second-order valence-electron chi connectivity index (χ2n) is 6.82. The first-order chi connectivity index (χ1) is 13.9. The van der Waals surface area contributed by atoms with Crippen LogP contribution in [-0.4, -0.2) is 30.7 Å². The summed E-state index contributed by atoms with van der Waals surface area (Å²) in [6.45, 7) is 9.28. The molecule has 1 aliphatic rings. The highest BCUT2D eigenvalue weighted by atomic mass is 32.2. The molecule has 0 radical (unpaired) electrons. The molecule has 29 heavy (non-hydrogen) atoms. The van der Waals surface area contributed by atoms with Crippen LogP contribution in [0, 0.1) is 12.4 Å². The number of hydrogen-bond acceptors (Lipinski definition) is 5. The molecule has 1 N–H and O–H groups in total. The molecule has 9 heteroatoms. The molecule has 3 heterocycles. The van der Waals surface area contributed by atoms with Crippen molar-refractivity contribution in [2.45, 2.75) is 19.4 Å². The molecule has 0 spiro atoms. The molecular formula is C20H18FN5O2S. The number of fused-ring (bicyclic) bond motifs is 1. The Kier molecular flexibility index (Phi) is 4.80. The highest BCUT2D eigenvalue weighted by Gasteiger charge is 2.29. The summed E-state index contributed by atoms with van der Waals surface area (Å²) in [5, 5.41) is 3.94. The molecule has 1 atom stereocenters. The molecule has 1 fully saturated rings. The zero-order chi connectivity index (χ0) is 20.6. The lowest BCUT2D eigenvalue weighted by molar-refractivity contribution is 0.599. The quantitative estimate of drug-likeness (QED) is 0.656. The van der Waals surface area contributed by atoms with Gasteiger partial charge >= 0.3 is 0 Å². The van der Waals surface area contributed by atoms with Crippen molar-refractivity contribution in [3.63, 3.8) is 0 Å².